The molecule has 0 saturated carbocycles. The van der Waals surface area contributed by atoms with Crippen LogP contribution in [0.25, 0.3) is 0 Å². The molecule has 0 aliphatic rings. The lowest BCUT2D eigenvalue weighted by Crippen LogP contribution is -2.35. The van der Waals surface area contributed by atoms with E-state index < -0.39 is 11.8 Å². The topological polar surface area (TPSA) is 70.7 Å². The zero-order valence-corrected chi connectivity index (χ0v) is 15.4. The third-order valence-electron chi connectivity index (χ3n) is 4.09. The number of benzene rings is 2. The highest BCUT2D eigenvalue weighted by atomic mass is 16.5. The molecule has 0 radical (unpaired) electrons. The largest absolute Gasteiger partial charge is 0.496 e. The van der Waals surface area contributed by atoms with Gasteiger partial charge in [-0.2, -0.15) is 0 Å². The lowest BCUT2D eigenvalue weighted by atomic mass is 10.2. The van der Waals surface area contributed by atoms with E-state index in [1.54, 1.807) is 25.3 Å². The standard InChI is InChI=1S/C20H25N3O3/c1-4-23(5-2)17-12-10-16(11-13-17)22-20(25)19(24)21-14-15-8-6-7-9-18(15)26-3/h6-13H,4-5,14H2,1-3H3,(H,21,24)(H,22,25). The summed E-state index contributed by atoms with van der Waals surface area (Å²) in [4.78, 5) is 26.3. The highest BCUT2D eigenvalue weighted by molar-refractivity contribution is 6.39. The minimum absolute atomic E-state index is 0.219. The van der Waals surface area contributed by atoms with Gasteiger partial charge in [-0.3, -0.25) is 9.59 Å². The maximum Gasteiger partial charge on any atom is 0.313 e. The van der Waals surface area contributed by atoms with Crippen LogP contribution in [0.15, 0.2) is 48.5 Å². The molecule has 0 heterocycles. The number of hydrogen-bond donors (Lipinski definition) is 2. The van der Waals surface area contributed by atoms with Crippen molar-refractivity contribution in [2.75, 3.05) is 30.4 Å². The Balaban J connectivity index is 1.91. The highest BCUT2D eigenvalue weighted by Crippen LogP contribution is 2.18. The van der Waals surface area contributed by atoms with Crippen LogP contribution in [0.4, 0.5) is 11.4 Å². The predicted octanol–water partition coefficient (Wildman–Crippen LogP) is 2.80. The van der Waals surface area contributed by atoms with Gasteiger partial charge in [0.15, 0.2) is 0 Å². The van der Waals surface area contributed by atoms with Crippen LogP contribution in [0.1, 0.15) is 19.4 Å². The minimum Gasteiger partial charge on any atom is -0.496 e. The number of para-hydroxylation sites is 1. The zero-order chi connectivity index (χ0) is 18.9. The molecule has 0 unspecified atom stereocenters. The van der Waals surface area contributed by atoms with Crippen LogP contribution in [0.2, 0.25) is 0 Å². The average molecular weight is 355 g/mol. The molecule has 6 nitrogen and oxygen atoms in total. The van der Waals surface area contributed by atoms with Crippen LogP contribution in [-0.4, -0.2) is 32.0 Å². The van der Waals surface area contributed by atoms with Crippen LogP contribution < -0.4 is 20.3 Å². The summed E-state index contributed by atoms with van der Waals surface area (Å²) < 4.78 is 5.23. The van der Waals surface area contributed by atoms with Crippen LogP contribution in [0.3, 0.4) is 0 Å². The summed E-state index contributed by atoms with van der Waals surface area (Å²) in [7, 11) is 1.56. The second-order valence-corrected chi connectivity index (χ2v) is 5.67. The smallest absolute Gasteiger partial charge is 0.313 e. The zero-order valence-electron chi connectivity index (χ0n) is 15.4. The maximum absolute atomic E-state index is 12.1. The Labute approximate surface area is 154 Å². The summed E-state index contributed by atoms with van der Waals surface area (Å²) in [5.74, 6) is -0.723. The van der Waals surface area contributed by atoms with Crippen molar-refractivity contribution in [3.8, 4) is 5.75 Å². The van der Waals surface area contributed by atoms with Crippen molar-refractivity contribution in [1.29, 1.82) is 0 Å². The number of hydrogen-bond acceptors (Lipinski definition) is 4. The molecule has 0 aliphatic carbocycles. The Hall–Kier alpha value is -3.02. The Morgan fingerprint density at radius 2 is 1.62 bits per heavy atom. The Bertz CT molecular complexity index is 740. The Morgan fingerprint density at radius 1 is 0.962 bits per heavy atom. The van der Waals surface area contributed by atoms with E-state index in [1.165, 1.54) is 0 Å². The molecule has 0 spiro atoms. The minimum atomic E-state index is -0.699. The van der Waals surface area contributed by atoms with Crippen molar-refractivity contribution in [1.82, 2.24) is 5.32 Å². The van der Waals surface area contributed by atoms with E-state index in [-0.39, 0.29) is 6.54 Å². The van der Waals surface area contributed by atoms with Gasteiger partial charge in [0.1, 0.15) is 5.75 Å². The van der Waals surface area contributed by atoms with Gasteiger partial charge in [0.05, 0.1) is 7.11 Å². The fourth-order valence-electron chi connectivity index (χ4n) is 2.64. The molecule has 0 fully saturated rings. The van der Waals surface area contributed by atoms with Gasteiger partial charge in [0.2, 0.25) is 0 Å². The van der Waals surface area contributed by atoms with Crippen molar-refractivity contribution >= 4 is 23.2 Å². The van der Waals surface area contributed by atoms with Crippen molar-refractivity contribution in [2.24, 2.45) is 0 Å². The molecule has 0 aromatic heterocycles. The third-order valence-corrected chi connectivity index (χ3v) is 4.09. The number of anilines is 2. The first kappa shape index (κ1) is 19.3. The summed E-state index contributed by atoms with van der Waals surface area (Å²) in [5, 5.41) is 5.21. The van der Waals surface area contributed by atoms with Crippen LogP contribution >= 0.6 is 0 Å². The Morgan fingerprint density at radius 3 is 2.23 bits per heavy atom. The molecule has 0 bridgehead atoms. The molecular weight excluding hydrogens is 330 g/mol. The molecule has 2 aromatic rings. The first-order valence-electron chi connectivity index (χ1n) is 8.65. The molecule has 6 heteroatoms. The predicted molar refractivity (Wildman–Crippen MR) is 103 cm³/mol. The number of carbonyl (C=O) groups excluding carboxylic acids is 2. The van der Waals surface area contributed by atoms with Gasteiger partial charge in [-0.15, -0.1) is 0 Å². The molecule has 2 amide bonds. The number of ether oxygens (including phenoxy) is 1. The molecular formula is C20H25N3O3. The molecule has 2 aromatic carbocycles. The van der Waals surface area contributed by atoms with Gasteiger partial charge in [-0.05, 0) is 44.2 Å². The van der Waals surface area contributed by atoms with E-state index in [4.69, 9.17) is 4.74 Å². The highest BCUT2D eigenvalue weighted by Gasteiger charge is 2.14. The summed E-state index contributed by atoms with van der Waals surface area (Å²) >= 11 is 0. The van der Waals surface area contributed by atoms with Gasteiger partial charge in [0.25, 0.3) is 0 Å². The van der Waals surface area contributed by atoms with Crippen LogP contribution in [-0.2, 0) is 16.1 Å². The normalized spacial score (nSPS) is 10.1. The lowest BCUT2D eigenvalue weighted by molar-refractivity contribution is -0.136. The van der Waals surface area contributed by atoms with E-state index in [0.29, 0.717) is 11.4 Å². The third kappa shape index (κ3) is 4.99. The number of methoxy groups -OCH3 is 1. The molecule has 2 N–H and O–H groups in total. The van der Waals surface area contributed by atoms with Gasteiger partial charge in [0, 0.05) is 36.6 Å². The lowest BCUT2D eigenvalue weighted by Gasteiger charge is -2.21. The monoisotopic (exact) mass is 355 g/mol. The van der Waals surface area contributed by atoms with Crippen molar-refractivity contribution < 1.29 is 14.3 Å². The fourth-order valence-corrected chi connectivity index (χ4v) is 2.64. The maximum atomic E-state index is 12.1. The average Bonchev–Trinajstić information content (AvgIpc) is 2.68. The summed E-state index contributed by atoms with van der Waals surface area (Å²) in [6, 6.07) is 14.8. The Kier molecular flexibility index (Phi) is 7.02. The molecule has 2 rings (SSSR count). The number of rotatable bonds is 7. The first-order chi connectivity index (χ1) is 12.6. The van der Waals surface area contributed by atoms with Gasteiger partial charge in [-0.25, -0.2) is 0 Å². The summed E-state index contributed by atoms with van der Waals surface area (Å²) in [6.07, 6.45) is 0. The molecule has 0 atom stereocenters. The van der Waals surface area contributed by atoms with E-state index in [9.17, 15) is 9.59 Å². The van der Waals surface area contributed by atoms with Crippen molar-refractivity contribution in [3.05, 3.63) is 54.1 Å². The van der Waals surface area contributed by atoms with E-state index >= 15 is 0 Å². The number of carbonyl (C=O) groups is 2. The van der Waals surface area contributed by atoms with E-state index in [1.807, 2.05) is 30.3 Å². The quantitative estimate of drug-likeness (QED) is 0.749. The van der Waals surface area contributed by atoms with Gasteiger partial charge in [-0.1, -0.05) is 18.2 Å². The SMILES string of the molecule is CCN(CC)c1ccc(NC(=O)C(=O)NCc2ccccc2OC)cc1. The van der Waals surface area contributed by atoms with Crippen LogP contribution in [0, 0.1) is 0 Å². The van der Waals surface area contributed by atoms with Crippen molar-refractivity contribution in [2.45, 2.75) is 20.4 Å². The molecule has 138 valence electrons. The second-order valence-electron chi connectivity index (χ2n) is 5.67. The molecule has 0 saturated heterocycles. The van der Waals surface area contributed by atoms with Crippen molar-refractivity contribution in [3.63, 3.8) is 0 Å². The summed E-state index contributed by atoms with van der Waals surface area (Å²) in [5.41, 5.74) is 2.46. The number of amides is 2. The fraction of sp³-hybridized carbons (Fsp3) is 0.300. The summed E-state index contributed by atoms with van der Waals surface area (Å²) in [6.45, 7) is 6.22. The van der Waals surface area contributed by atoms with E-state index in [2.05, 4.69) is 29.4 Å². The van der Waals surface area contributed by atoms with Gasteiger partial charge >= 0.3 is 11.8 Å². The van der Waals surface area contributed by atoms with Crippen LogP contribution in [0.5, 0.6) is 5.75 Å². The van der Waals surface area contributed by atoms with Gasteiger partial charge < -0.3 is 20.3 Å². The molecule has 0 aliphatic heterocycles. The molecule has 26 heavy (non-hydrogen) atoms. The number of nitrogens with zero attached hydrogens (tertiary/aromatic N) is 1. The number of nitrogens with one attached hydrogen (secondary N) is 2. The van der Waals surface area contributed by atoms with E-state index in [0.717, 1.165) is 24.3 Å². The first-order valence-corrected chi connectivity index (χ1v) is 8.65. The second kappa shape index (κ2) is 9.46.